The van der Waals surface area contributed by atoms with E-state index in [2.05, 4.69) is 15.1 Å². The first-order valence-corrected chi connectivity index (χ1v) is 9.72. The molecule has 1 aliphatic heterocycles. The molecule has 9 heteroatoms. The number of aromatic amines is 1. The zero-order valence-electron chi connectivity index (χ0n) is 13.4. The molecular formula is C15H18Cl2N4O2S. The lowest BCUT2D eigenvalue weighted by atomic mass is 10.2. The Morgan fingerprint density at radius 1 is 1.12 bits per heavy atom. The molecule has 2 heterocycles. The van der Waals surface area contributed by atoms with Crippen LogP contribution in [0.25, 0.3) is 0 Å². The van der Waals surface area contributed by atoms with Crippen molar-refractivity contribution in [3.05, 3.63) is 39.6 Å². The second kappa shape index (κ2) is 6.55. The van der Waals surface area contributed by atoms with Crippen LogP contribution in [0, 0.1) is 13.8 Å². The topological polar surface area (TPSA) is 69.3 Å². The van der Waals surface area contributed by atoms with Crippen LogP contribution in [-0.2, 0) is 10.0 Å². The van der Waals surface area contributed by atoms with Crippen molar-refractivity contribution in [3.63, 3.8) is 0 Å². The summed E-state index contributed by atoms with van der Waals surface area (Å²) < 4.78 is 27.2. The summed E-state index contributed by atoms with van der Waals surface area (Å²) in [7, 11) is -3.55. The molecule has 3 rings (SSSR count). The SMILES string of the molecule is Cc1n[nH]c(C)c1S(=O)(=O)N1CCN(c2cccc(Cl)c2Cl)CC1. The quantitative estimate of drug-likeness (QED) is 0.877. The molecule has 130 valence electrons. The molecule has 6 nitrogen and oxygen atoms in total. The van der Waals surface area contributed by atoms with Crippen molar-refractivity contribution in [1.82, 2.24) is 14.5 Å². The summed E-state index contributed by atoms with van der Waals surface area (Å²) in [5, 5.41) is 7.71. The van der Waals surface area contributed by atoms with E-state index < -0.39 is 10.0 Å². The van der Waals surface area contributed by atoms with E-state index in [0.717, 1.165) is 5.69 Å². The molecule has 0 spiro atoms. The molecule has 0 aliphatic carbocycles. The fraction of sp³-hybridized carbons (Fsp3) is 0.400. The van der Waals surface area contributed by atoms with Gasteiger partial charge in [-0.15, -0.1) is 0 Å². The molecule has 0 radical (unpaired) electrons. The third-order valence-corrected chi connectivity index (χ3v) is 7.14. The van der Waals surface area contributed by atoms with E-state index in [9.17, 15) is 8.42 Å². The van der Waals surface area contributed by atoms with Gasteiger partial charge in [0.1, 0.15) is 4.90 Å². The van der Waals surface area contributed by atoms with E-state index in [4.69, 9.17) is 23.2 Å². The van der Waals surface area contributed by atoms with Gasteiger partial charge in [-0.05, 0) is 26.0 Å². The van der Waals surface area contributed by atoms with Crippen LogP contribution < -0.4 is 4.90 Å². The normalized spacial score (nSPS) is 16.6. The van der Waals surface area contributed by atoms with E-state index in [1.807, 2.05) is 12.1 Å². The number of H-pyrrole nitrogens is 1. The number of benzene rings is 1. The van der Waals surface area contributed by atoms with E-state index in [1.165, 1.54) is 4.31 Å². The highest BCUT2D eigenvalue weighted by atomic mass is 35.5. The van der Waals surface area contributed by atoms with Crippen LogP contribution in [0.4, 0.5) is 5.69 Å². The Kier molecular flexibility index (Phi) is 4.79. The predicted molar refractivity (Wildman–Crippen MR) is 95.5 cm³/mol. The standard InChI is InChI=1S/C15H18Cl2N4O2S/c1-10-15(11(2)19-18-10)24(22,23)21-8-6-20(7-9-21)13-5-3-4-12(16)14(13)17/h3-5H,6-9H2,1-2H3,(H,18,19). The number of aromatic nitrogens is 2. The summed E-state index contributed by atoms with van der Waals surface area (Å²) in [6.07, 6.45) is 0. The van der Waals surface area contributed by atoms with Gasteiger partial charge >= 0.3 is 0 Å². The number of nitrogens with zero attached hydrogens (tertiary/aromatic N) is 3. The Morgan fingerprint density at radius 2 is 1.79 bits per heavy atom. The highest BCUT2D eigenvalue weighted by molar-refractivity contribution is 7.89. The van der Waals surface area contributed by atoms with Gasteiger partial charge < -0.3 is 4.90 Å². The summed E-state index contributed by atoms with van der Waals surface area (Å²) in [6.45, 7) is 5.28. The maximum absolute atomic E-state index is 12.9. The Balaban J connectivity index is 1.79. The van der Waals surface area contributed by atoms with Crippen LogP contribution in [-0.4, -0.2) is 49.1 Å². The van der Waals surface area contributed by atoms with E-state index in [1.54, 1.807) is 19.9 Å². The average molecular weight is 389 g/mol. The van der Waals surface area contributed by atoms with Crippen molar-refractivity contribution in [1.29, 1.82) is 0 Å². The monoisotopic (exact) mass is 388 g/mol. The molecule has 24 heavy (non-hydrogen) atoms. The maximum Gasteiger partial charge on any atom is 0.246 e. The Bertz CT molecular complexity index is 839. The molecule has 0 bridgehead atoms. The highest BCUT2D eigenvalue weighted by Gasteiger charge is 2.32. The first kappa shape index (κ1) is 17.5. The molecule has 0 atom stereocenters. The smallest absolute Gasteiger partial charge is 0.246 e. The molecule has 1 N–H and O–H groups in total. The number of anilines is 1. The lowest BCUT2D eigenvalue weighted by Gasteiger charge is -2.35. The van der Waals surface area contributed by atoms with Crippen LogP contribution in [0.15, 0.2) is 23.1 Å². The van der Waals surface area contributed by atoms with Crippen molar-refractivity contribution in [2.45, 2.75) is 18.7 Å². The van der Waals surface area contributed by atoms with Crippen LogP contribution in [0.3, 0.4) is 0 Å². The number of hydrogen-bond acceptors (Lipinski definition) is 4. The van der Waals surface area contributed by atoms with Gasteiger partial charge in [0.2, 0.25) is 10.0 Å². The molecule has 1 aromatic heterocycles. The van der Waals surface area contributed by atoms with Crippen LogP contribution in [0.5, 0.6) is 0 Å². The van der Waals surface area contributed by atoms with Crippen LogP contribution in [0.1, 0.15) is 11.4 Å². The number of rotatable bonds is 3. The fourth-order valence-electron chi connectivity index (χ4n) is 2.96. The zero-order valence-corrected chi connectivity index (χ0v) is 15.7. The highest BCUT2D eigenvalue weighted by Crippen LogP contribution is 2.33. The van der Waals surface area contributed by atoms with Crippen molar-refractivity contribution in [2.24, 2.45) is 0 Å². The molecule has 0 unspecified atom stereocenters. The predicted octanol–water partition coefficient (Wildman–Crippen LogP) is 2.84. The number of halogens is 2. The number of sulfonamides is 1. The summed E-state index contributed by atoms with van der Waals surface area (Å²) in [4.78, 5) is 2.33. The van der Waals surface area contributed by atoms with E-state index in [-0.39, 0.29) is 4.90 Å². The van der Waals surface area contributed by atoms with Gasteiger partial charge in [-0.3, -0.25) is 5.10 Å². The number of nitrogens with one attached hydrogen (secondary N) is 1. The van der Waals surface area contributed by atoms with Crippen molar-refractivity contribution in [3.8, 4) is 0 Å². The minimum absolute atomic E-state index is 0.275. The van der Waals surface area contributed by atoms with Crippen molar-refractivity contribution in [2.75, 3.05) is 31.1 Å². The number of aryl methyl sites for hydroxylation is 2. The second-order valence-corrected chi connectivity index (χ2v) is 8.39. The Hall–Kier alpha value is -1.28. The summed E-state index contributed by atoms with van der Waals surface area (Å²) in [5.74, 6) is 0. The lowest BCUT2D eigenvalue weighted by Crippen LogP contribution is -2.48. The fourth-order valence-corrected chi connectivity index (χ4v) is 5.12. The average Bonchev–Trinajstić information content (AvgIpc) is 2.89. The van der Waals surface area contributed by atoms with Crippen LogP contribution in [0.2, 0.25) is 10.0 Å². The molecule has 1 aliphatic rings. The molecule has 1 fully saturated rings. The lowest BCUT2D eigenvalue weighted by molar-refractivity contribution is 0.384. The van der Waals surface area contributed by atoms with Gasteiger partial charge in [0.25, 0.3) is 0 Å². The molecule has 0 saturated carbocycles. The number of hydrogen-bond donors (Lipinski definition) is 1. The summed E-state index contributed by atoms with van der Waals surface area (Å²) >= 11 is 12.3. The van der Waals surface area contributed by atoms with E-state index in [0.29, 0.717) is 47.6 Å². The minimum atomic E-state index is -3.55. The zero-order chi connectivity index (χ0) is 17.5. The molecule has 0 amide bonds. The Labute approximate surface area is 151 Å². The molecule has 2 aromatic rings. The molecule has 1 saturated heterocycles. The van der Waals surface area contributed by atoms with Gasteiger partial charge in [0.05, 0.1) is 27.1 Å². The van der Waals surface area contributed by atoms with Gasteiger partial charge in [-0.2, -0.15) is 9.40 Å². The third kappa shape index (κ3) is 3.01. The minimum Gasteiger partial charge on any atom is -0.368 e. The number of piperazine rings is 1. The van der Waals surface area contributed by atoms with E-state index >= 15 is 0 Å². The molecule has 1 aromatic carbocycles. The summed E-state index contributed by atoms with van der Waals surface area (Å²) in [6, 6.07) is 5.46. The second-order valence-electron chi connectivity index (χ2n) is 5.73. The first-order valence-electron chi connectivity index (χ1n) is 7.53. The van der Waals surface area contributed by atoms with Crippen LogP contribution >= 0.6 is 23.2 Å². The maximum atomic E-state index is 12.9. The third-order valence-electron chi connectivity index (χ3n) is 4.17. The van der Waals surface area contributed by atoms with Gasteiger partial charge in [-0.1, -0.05) is 29.3 Å². The Morgan fingerprint density at radius 3 is 2.38 bits per heavy atom. The van der Waals surface area contributed by atoms with Gasteiger partial charge in [-0.25, -0.2) is 8.42 Å². The first-order chi connectivity index (χ1) is 11.3. The largest absolute Gasteiger partial charge is 0.368 e. The molecular weight excluding hydrogens is 371 g/mol. The van der Waals surface area contributed by atoms with Crippen molar-refractivity contribution >= 4 is 38.9 Å². The van der Waals surface area contributed by atoms with Gasteiger partial charge in [0.15, 0.2) is 0 Å². The van der Waals surface area contributed by atoms with Crippen molar-refractivity contribution < 1.29 is 8.42 Å². The summed E-state index contributed by atoms with van der Waals surface area (Å²) in [5.41, 5.74) is 1.89. The van der Waals surface area contributed by atoms with Gasteiger partial charge in [0, 0.05) is 26.2 Å².